The van der Waals surface area contributed by atoms with Crippen molar-refractivity contribution in [2.45, 2.75) is 6.42 Å². The fourth-order valence-electron chi connectivity index (χ4n) is 2.11. The Balaban J connectivity index is 2.27. The highest BCUT2D eigenvalue weighted by Crippen LogP contribution is 2.23. The van der Waals surface area contributed by atoms with E-state index in [0.29, 0.717) is 0 Å². The Morgan fingerprint density at radius 3 is 2.89 bits per heavy atom. The van der Waals surface area contributed by atoms with Crippen LogP contribution in [0, 0.1) is 0 Å². The molecule has 1 aliphatic heterocycles. The van der Waals surface area contributed by atoms with Crippen LogP contribution in [0.3, 0.4) is 0 Å². The maximum atomic E-state index is 11.1. The molecule has 1 fully saturated rings. The first-order valence-electron chi connectivity index (χ1n) is 5.95. The van der Waals surface area contributed by atoms with Gasteiger partial charge in [0.2, 0.25) is 0 Å². The van der Waals surface area contributed by atoms with Crippen molar-refractivity contribution in [2.75, 3.05) is 36.6 Å². The number of carbonyl (C=O) groups is 1. The largest absolute Gasteiger partial charge is 0.478 e. The molecule has 6 nitrogen and oxygen atoms in total. The van der Waals surface area contributed by atoms with Gasteiger partial charge >= 0.3 is 5.97 Å². The first kappa shape index (κ1) is 12.7. The third-order valence-electron chi connectivity index (χ3n) is 3.06. The molecule has 2 rings (SSSR count). The number of hydrogen-bond donors (Lipinski definition) is 4. The Bertz CT molecular complexity index is 429. The second-order valence-electron chi connectivity index (χ2n) is 4.24. The third-order valence-corrected chi connectivity index (χ3v) is 3.06. The number of nitrogens with one attached hydrogen (secondary N) is 2. The Morgan fingerprint density at radius 2 is 2.17 bits per heavy atom. The van der Waals surface area contributed by atoms with Gasteiger partial charge in [-0.3, -0.25) is 10.7 Å². The minimum Gasteiger partial charge on any atom is -0.478 e. The van der Waals surface area contributed by atoms with Crippen LogP contribution in [0.15, 0.2) is 18.2 Å². The van der Waals surface area contributed by atoms with Gasteiger partial charge in [0.15, 0.2) is 0 Å². The Labute approximate surface area is 105 Å². The van der Waals surface area contributed by atoms with Crippen LogP contribution < -0.4 is 15.7 Å². The number of benzene rings is 1. The highest BCUT2D eigenvalue weighted by atomic mass is 16.5. The van der Waals surface area contributed by atoms with Crippen LogP contribution >= 0.6 is 0 Å². The second-order valence-corrected chi connectivity index (χ2v) is 4.24. The Morgan fingerprint density at radius 1 is 1.33 bits per heavy atom. The molecule has 0 bridgehead atoms. The van der Waals surface area contributed by atoms with E-state index in [1.54, 1.807) is 12.1 Å². The van der Waals surface area contributed by atoms with E-state index in [0.717, 1.165) is 38.3 Å². The van der Waals surface area contributed by atoms with Gasteiger partial charge in [-0.05, 0) is 31.2 Å². The molecule has 0 amide bonds. The fraction of sp³-hybridized carbons (Fsp3) is 0.417. The maximum absolute atomic E-state index is 11.1. The number of nitrogens with zero attached hydrogens (tertiary/aromatic N) is 1. The summed E-state index contributed by atoms with van der Waals surface area (Å²) in [5.74, 6) is -1.05. The quantitative estimate of drug-likeness (QED) is 0.599. The van der Waals surface area contributed by atoms with E-state index in [2.05, 4.69) is 10.2 Å². The van der Waals surface area contributed by atoms with E-state index in [1.165, 1.54) is 0 Å². The zero-order chi connectivity index (χ0) is 13.0. The first-order chi connectivity index (χ1) is 8.72. The number of anilines is 2. The van der Waals surface area contributed by atoms with Crippen LogP contribution in [0.2, 0.25) is 0 Å². The van der Waals surface area contributed by atoms with Gasteiger partial charge in [0.1, 0.15) is 0 Å². The number of hydrogen-bond acceptors (Lipinski definition) is 5. The zero-order valence-electron chi connectivity index (χ0n) is 10.0. The number of rotatable bonds is 3. The molecular weight excluding hydrogens is 234 g/mol. The van der Waals surface area contributed by atoms with Gasteiger partial charge < -0.3 is 15.3 Å². The fourth-order valence-corrected chi connectivity index (χ4v) is 2.11. The van der Waals surface area contributed by atoms with E-state index in [1.807, 2.05) is 11.5 Å². The topological polar surface area (TPSA) is 84.8 Å². The van der Waals surface area contributed by atoms with Crippen molar-refractivity contribution in [3.63, 3.8) is 0 Å². The molecule has 0 radical (unpaired) electrons. The van der Waals surface area contributed by atoms with Crippen molar-refractivity contribution < 1.29 is 15.1 Å². The summed E-state index contributed by atoms with van der Waals surface area (Å²) in [4.78, 5) is 13.2. The molecular formula is C12H17N3O3. The van der Waals surface area contributed by atoms with Gasteiger partial charge in [-0.15, -0.1) is 0 Å². The van der Waals surface area contributed by atoms with Gasteiger partial charge in [0, 0.05) is 25.3 Å². The minimum atomic E-state index is -1.05. The predicted octanol–water partition coefficient (Wildman–Crippen LogP) is 0.986. The second kappa shape index (κ2) is 5.70. The van der Waals surface area contributed by atoms with Gasteiger partial charge in [-0.2, -0.15) is 0 Å². The molecule has 18 heavy (non-hydrogen) atoms. The Kier molecular flexibility index (Phi) is 4.01. The molecule has 0 atom stereocenters. The number of carboxylic acids is 1. The van der Waals surface area contributed by atoms with Crippen LogP contribution in [0.4, 0.5) is 11.4 Å². The molecule has 0 saturated carbocycles. The lowest BCUT2D eigenvalue weighted by Crippen LogP contribution is -2.28. The summed E-state index contributed by atoms with van der Waals surface area (Å²) in [5.41, 5.74) is 3.06. The molecule has 0 spiro atoms. The van der Waals surface area contributed by atoms with E-state index in [4.69, 9.17) is 10.3 Å². The van der Waals surface area contributed by atoms with Gasteiger partial charge in [0.25, 0.3) is 0 Å². The van der Waals surface area contributed by atoms with Crippen LogP contribution in [0.5, 0.6) is 0 Å². The minimum absolute atomic E-state index is 0.0761. The predicted molar refractivity (Wildman–Crippen MR) is 68.5 cm³/mol. The summed E-state index contributed by atoms with van der Waals surface area (Å²) in [5, 5.41) is 21.3. The molecule has 1 aromatic carbocycles. The van der Waals surface area contributed by atoms with E-state index >= 15 is 0 Å². The van der Waals surface area contributed by atoms with E-state index < -0.39 is 5.97 Å². The number of carboxylic acid groups (broad SMARTS) is 1. The van der Waals surface area contributed by atoms with Gasteiger partial charge in [-0.25, -0.2) is 4.79 Å². The summed E-state index contributed by atoms with van der Waals surface area (Å²) in [6.07, 6.45) is 1.03. The van der Waals surface area contributed by atoms with Crippen molar-refractivity contribution in [1.29, 1.82) is 0 Å². The van der Waals surface area contributed by atoms with Crippen molar-refractivity contribution >= 4 is 17.3 Å². The average molecular weight is 251 g/mol. The molecule has 1 saturated heterocycles. The summed E-state index contributed by atoms with van der Waals surface area (Å²) in [7, 11) is 0. The maximum Gasteiger partial charge on any atom is 0.337 e. The lowest BCUT2D eigenvalue weighted by atomic mass is 10.1. The average Bonchev–Trinajstić information content (AvgIpc) is 2.66. The molecule has 98 valence electrons. The summed E-state index contributed by atoms with van der Waals surface area (Å²) in [6, 6.07) is 4.99. The highest BCUT2D eigenvalue weighted by Gasteiger charge is 2.15. The smallest absolute Gasteiger partial charge is 0.337 e. The Hall–Kier alpha value is -1.79. The van der Waals surface area contributed by atoms with Crippen LogP contribution in [-0.2, 0) is 0 Å². The van der Waals surface area contributed by atoms with Gasteiger partial charge in [-0.1, -0.05) is 0 Å². The third kappa shape index (κ3) is 2.72. The summed E-state index contributed by atoms with van der Waals surface area (Å²) in [6.45, 7) is 3.63. The molecule has 1 heterocycles. The monoisotopic (exact) mass is 251 g/mol. The van der Waals surface area contributed by atoms with Gasteiger partial charge in [0.05, 0.1) is 11.3 Å². The molecule has 6 heteroatoms. The SMILES string of the molecule is O=C(O)c1cc(N2CCCNCC2)ccc1NO. The molecule has 0 unspecified atom stereocenters. The van der Waals surface area contributed by atoms with Crippen molar-refractivity contribution in [1.82, 2.24) is 5.32 Å². The molecule has 0 aliphatic carbocycles. The van der Waals surface area contributed by atoms with Crippen molar-refractivity contribution in [3.05, 3.63) is 23.8 Å². The van der Waals surface area contributed by atoms with E-state index in [-0.39, 0.29) is 11.3 Å². The van der Waals surface area contributed by atoms with E-state index in [9.17, 15) is 4.79 Å². The summed E-state index contributed by atoms with van der Waals surface area (Å²) < 4.78 is 0. The van der Waals surface area contributed by atoms with Crippen molar-refractivity contribution in [3.8, 4) is 0 Å². The lowest BCUT2D eigenvalue weighted by molar-refractivity contribution is 0.0697. The standard InChI is InChI=1S/C12H17N3O3/c16-12(17)10-8-9(2-3-11(10)14-18)15-6-1-4-13-5-7-15/h2-3,8,13-14,18H,1,4-7H2,(H,16,17). The summed E-state index contributed by atoms with van der Waals surface area (Å²) >= 11 is 0. The molecule has 0 aromatic heterocycles. The molecule has 4 N–H and O–H groups in total. The lowest BCUT2D eigenvalue weighted by Gasteiger charge is -2.23. The molecule has 1 aromatic rings. The zero-order valence-corrected chi connectivity index (χ0v) is 10.0. The normalized spacial score (nSPS) is 16.2. The van der Waals surface area contributed by atoms with Crippen LogP contribution in [-0.4, -0.2) is 42.5 Å². The van der Waals surface area contributed by atoms with Crippen molar-refractivity contribution in [2.24, 2.45) is 0 Å². The number of aromatic carboxylic acids is 1. The molecule has 1 aliphatic rings. The van der Waals surface area contributed by atoms with Crippen LogP contribution in [0.1, 0.15) is 16.8 Å². The highest BCUT2D eigenvalue weighted by molar-refractivity contribution is 5.95. The van der Waals surface area contributed by atoms with Crippen LogP contribution in [0.25, 0.3) is 0 Å². The first-order valence-corrected chi connectivity index (χ1v) is 5.95.